The Morgan fingerprint density at radius 3 is 2.52 bits per heavy atom. The number of hydrogen-bond acceptors (Lipinski definition) is 5. The minimum absolute atomic E-state index is 0. The second kappa shape index (κ2) is 10.2. The van der Waals surface area contributed by atoms with Crippen LogP contribution in [0.5, 0.6) is 5.75 Å². The average molecular weight is 446 g/mol. The van der Waals surface area contributed by atoms with Crippen molar-refractivity contribution in [1.29, 1.82) is 0 Å². The van der Waals surface area contributed by atoms with E-state index < -0.39 is 0 Å². The van der Waals surface area contributed by atoms with Crippen LogP contribution in [0, 0.1) is 0 Å². The van der Waals surface area contributed by atoms with Gasteiger partial charge in [0.25, 0.3) is 0 Å². The lowest BCUT2D eigenvalue weighted by molar-refractivity contribution is 0.0456. The molecule has 0 spiro atoms. The summed E-state index contributed by atoms with van der Waals surface area (Å²) in [5.41, 5.74) is 3.49. The molecule has 1 aliphatic carbocycles. The van der Waals surface area contributed by atoms with E-state index in [0.717, 1.165) is 42.0 Å². The maximum absolute atomic E-state index is 6.18. The number of imidazole rings is 1. The normalized spacial score (nSPS) is 16.0. The number of H-pyrrole nitrogens is 1. The highest BCUT2D eigenvalue weighted by molar-refractivity contribution is 5.85. The van der Waals surface area contributed by atoms with Gasteiger partial charge in [0.05, 0.1) is 13.2 Å². The Labute approximate surface area is 189 Å². The Balaban J connectivity index is 0.00000272. The van der Waals surface area contributed by atoms with Crippen LogP contribution in [0.2, 0.25) is 0 Å². The monoisotopic (exact) mass is 445 g/mol. The molecule has 1 aromatic carbocycles. The number of hydrogen-bond donors (Lipinski definition) is 1. The molecule has 1 unspecified atom stereocenters. The van der Waals surface area contributed by atoms with Crippen molar-refractivity contribution in [1.82, 2.24) is 19.7 Å². The van der Waals surface area contributed by atoms with E-state index in [-0.39, 0.29) is 30.5 Å². The quantitative estimate of drug-likeness (QED) is 0.590. The van der Waals surface area contributed by atoms with Crippen molar-refractivity contribution >= 4 is 23.6 Å². The van der Waals surface area contributed by atoms with Gasteiger partial charge in [-0.2, -0.15) is 4.73 Å². The third-order valence-electron chi connectivity index (χ3n) is 5.56. The number of aromatic nitrogens is 4. The highest BCUT2D eigenvalue weighted by atomic mass is 35.5. The minimum Gasteiger partial charge on any atom is -0.497 e. The first kappa shape index (κ1) is 23.1. The first-order chi connectivity index (χ1) is 14.5. The fourth-order valence-corrected chi connectivity index (χ4v) is 3.88. The molecule has 4 rings (SSSR count). The molecule has 2 aromatic heterocycles. The molecule has 0 bridgehead atoms. The summed E-state index contributed by atoms with van der Waals surface area (Å²) in [5.74, 6) is 2.06. The van der Waals surface area contributed by atoms with Crippen molar-refractivity contribution in [3.8, 4) is 5.75 Å². The molecule has 31 heavy (non-hydrogen) atoms. The Morgan fingerprint density at radius 2 is 1.87 bits per heavy atom. The summed E-state index contributed by atoms with van der Waals surface area (Å²) < 4.78 is 6.96. The molecule has 0 radical (unpaired) electrons. The molecule has 7 nitrogen and oxygen atoms in total. The number of methoxy groups -OCH3 is 1. The van der Waals surface area contributed by atoms with Crippen molar-refractivity contribution in [2.45, 2.75) is 70.9 Å². The maximum atomic E-state index is 6.18. The lowest BCUT2D eigenvalue weighted by atomic mass is 10.1. The zero-order chi connectivity index (χ0) is 21.1. The Hall–Kier alpha value is -2.54. The van der Waals surface area contributed by atoms with Gasteiger partial charge in [-0.25, -0.2) is 9.97 Å². The van der Waals surface area contributed by atoms with Gasteiger partial charge >= 0.3 is 0 Å². The van der Waals surface area contributed by atoms with Crippen LogP contribution in [-0.4, -0.2) is 38.9 Å². The van der Waals surface area contributed by atoms with Crippen LogP contribution in [0.4, 0.5) is 0 Å². The van der Waals surface area contributed by atoms with E-state index in [0.29, 0.717) is 5.49 Å². The summed E-state index contributed by atoms with van der Waals surface area (Å²) in [6.07, 6.45) is 7.38. The molecule has 1 saturated carbocycles. The van der Waals surface area contributed by atoms with Gasteiger partial charge in [0.1, 0.15) is 29.5 Å². The summed E-state index contributed by atoms with van der Waals surface area (Å²) in [7, 11) is 1.68. The van der Waals surface area contributed by atoms with Gasteiger partial charge < -0.3 is 14.6 Å². The molecular weight excluding hydrogens is 414 g/mol. The summed E-state index contributed by atoms with van der Waals surface area (Å²) in [4.78, 5) is 23.9. The molecule has 1 atom stereocenters. The largest absolute Gasteiger partial charge is 0.497 e. The van der Waals surface area contributed by atoms with Crippen LogP contribution < -0.4 is 15.1 Å². The molecule has 1 aliphatic rings. The number of halogens is 1. The molecule has 3 aromatic rings. The summed E-state index contributed by atoms with van der Waals surface area (Å²) in [6.45, 7) is 6.35. The highest BCUT2D eigenvalue weighted by Gasteiger charge is 2.19. The molecule has 0 saturated heterocycles. The molecular formula is C23H32ClN5O2. The number of rotatable bonds is 7. The van der Waals surface area contributed by atoms with Gasteiger partial charge in [0, 0.05) is 5.92 Å². The van der Waals surface area contributed by atoms with Gasteiger partial charge in [0.2, 0.25) is 0 Å². The van der Waals surface area contributed by atoms with Crippen molar-refractivity contribution in [3.63, 3.8) is 0 Å². The van der Waals surface area contributed by atoms with Gasteiger partial charge in [-0.05, 0) is 56.7 Å². The van der Waals surface area contributed by atoms with Crippen molar-refractivity contribution in [3.05, 3.63) is 47.5 Å². The third-order valence-corrected chi connectivity index (χ3v) is 5.56. The maximum Gasteiger partial charge on any atom is 0.199 e. The number of nitrogens with one attached hydrogen (secondary N) is 1. The van der Waals surface area contributed by atoms with E-state index in [1.54, 1.807) is 18.2 Å². The van der Waals surface area contributed by atoms with Gasteiger partial charge in [0.15, 0.2) is 11.1 Å². The van der Waals surface area contributed by atoms with Crippen molar-refractivity contribution in [2.24, 2.45) is 4.99 Å². The van der Waals surface area contributed by atoms with E-state index in [9.17, 15) is 0 Å². The van der Waals surface area contributed by atoms with Gasteiger partial charge in [-0.3, -0.25) is 4.99 Å². The number of benzene rings is 1. The molecule has 1 N–H and O–H groups in total. The first-order valence-corrected chi connectivity index (χ1v) is 10.8. The fraction of sp³-hybridized carbons (Fsp3) is 0.522. The first-order valence-electron chi connectivity index (χ1n) is 10.8. The molecule has 0 amide bonds. The Kier molecular flexibility index (Phi) is 7.59. The van der Waals surface area contributed by atoms with Crippen LogP contribution in [0.3, 0.4) is 0 Å². The van der Waals surface area contributed by atoms with Crippen LogP contribution in [0.25, 0.3) is 11.2 Å². The molecule has 168 valence electrons. The zero-order valence-electron chi connectivity index (χ0n) is 18.7. The lowest BCUT2D eigenvalue weighted by Crippen LogP contribution is -2.26. The second-order valence-electron chi connectivity index (χ2n) is 8.41. The second-order valence-corrected chi connectivity index (χ2v) is 8.41. The molecule has 1 fully saturated rings. The van der Waals surface area contributed by atoms with Crippen molar-refractivity contribution in [2.75, 3.05) is 7.11 Å². The minimum atomic E-state index is 0. The van der Waals surface area contributed by atoms with E-state index in [1.807, 2.05) is 12.1 Å². The predicted octanol–water partition coefficient (Wildman–Crippen LogP) is 4.22. The molecule has 2 heterocycles. The standard InChI is InChI=1S/C23H31N5O2.ClH/c1-15(2)21-26-20-22(25-16(3)13-17-9-11-18(29-4)12-10-17)24-14-28(23(20)27-21)30-19-7-5-6-8-19;/h9-12,14-16,19H,5-8,13H2,1-4H3,(H,26,27);1H. The van der Waals surface area contributed by atoms with Crippen LogP contribution >= 0.6 is 12.4 Å². The molecule has 0 aliphatic heterocycles. The molecule has 8 heteroatoms. The number of fused-ring (bicyclic) bond motifs is 1. The van der Waals surface area contributed by atoms with E-state index >= 15 is 0 Å². The number of ether oxygens (including phenoxy) is 1. The Bertz CT molecular complexity index is 1050. The van der Waals surface area contributed by atoms with Gasteiger partial charge in [-0.1, -0.05) is 26.0 Å². The van der Waals surface area contributed by atoms with E-state index in [2.05, 4.69) is 42.9 Å². The zero-order valence-corrected chi connectivity index (χ0v) is 19.5. The Morgan fingerprint density at radius 1 is 1.16 bits per heavy atom. The average Bonchev–Trinajstić information content (AvgIpc) is 3.40. The van der Waals surface area contributed by atoms with Crippen LogP contribution in [0.15, 0.2) is 35.6 Å². The smallest absolute Gasteiger partial charge is 0.199 e. The SMILES string of the molecule is COc1ccc(CC(C)N=c2ncn(OC3CCCC3)c3nc(C(C)C)[nH]c23)cc1.Cl. The number of nitrogens with zero attached hydrogens (tertiary/aromatic N) is 4. The topological polar surface area (TPSA) is 77.3 Å². The van der Waals surface area contributed by atoms with Crippen LogP contribution in [0.1, 0.15) is 63.8 Å². The third kappa shape index (κ3) is 5.39. The fourth-order valence-electron chi connectivity index (χ4n) is 3.88. The van der Waals surface area contributed by atoms with E-state index in [1.165, 1.54) is 18.4 Å². The lowest BCUT2D eigenvalue weighted by Gasteiger charge is -2.15. The summed E-state index contributed by atoms with van der Waals surface area (Å²) >= 11 is 0. The summed E-state index contributed by atoms with van der Waals surface area (Å²) in [5, 5.41) is 0. The summed E-state index contributed by atoms with van der Waals surface area (Å²) in [6, 6.07) is 8.19. The van der Waals surface area contributed by atoms with Crippen LogP contribution in [-0.2, 0) is 6.42 Å². The predicted molar refractivity (Wildman–Crippen MR) is 124 cm³/mol. The van der Waals surface area contributed by atoms with Crippen molar-refractivity contribution < 1.29 is 9.57 Å². The number of aromatic amines is 1. The van der Waals surface area contributed by atoms with E-state index in [4.69, 9.17) is 19.6 Å². The van der Waals surface area contributed by atoms with Gasteiger partial charge in [-0.15, -0.1) is 12.4 Å². The highest BCUT2D eigenvalue weighted by Crippen LogP contribution is 2.20.